The maximum atomic E-state index is 13.2. The second kappa shape index (κ2) is 9.54. The molecule has 7 nitrogen and oxygen atoms in total. The molecule has 1 atom stereocenters. The van der Waals surface area contributed by atoms with Crippen LogP contribution >= 0.6 is 11.6 Å². The molecule has 0 spiro atoms. The zero-order valence-corrected chi connectivity index (χ0v) is 17.5. The van der Waals surface area contributed by atoms with Gasteiger partial charge in [0.2, 0.25) is 0 Å². The van der Waals surface area contributed by atoms with Crippen LogP contribution in [0.1, 0.15) is 23.9 Å². The molecule has 0 saturated carbocycles. The Kier molecular flexibility index (Phi) is 6.84. The minimum atomic E-state index is -0.686. The molecule has 0 fully saturated rings. The molecule has 0 saturated heterocycles. The first-order valence-electron chi connectivity index (χ1n) is 9.45. The molecule has 1 unspecified atom stereocenters. The Bertz CT molecular complexity index is 1140. The minimum absolute atomic E-state index is 0.108. The summed E-state index contributed by atoms with van der Waals surface area (Å²) in [6, 6.07) is 16.6. The molecule has 0 amide bonds. The van der Waals surface area contributed by atoms with E-state index in [0.717, 1.165) is 15.7 Å². The maximum Gasteiger partial charge on any atom is 0.353 e. The second-order valence-corrected chi connectivity index (χ2v) is 7.44. The van der Waals surface area contributed by atoms with Crippen LogP contribution in [0.2, 0.25) is 5.02 Å². The molecule has 0 radical (unpaired) electrons. The third-order valence-electron chi connectivity index (χ3n) is 4.75. The SMILES string of the molecule is COC(=O)C(C)Cn1c(=O)nc(Cc2ccccc2)n(Cc2ccc(Cl)cc2)c1=O. The van der Waals surface area contributed by atoms with Gasteiger partial charge >= 0.3 is 17.3 Å². The van der Waals surface area contributed by atoms with Crippen molar-refractivity contribution >= 4 is 17.6 Å². The Morgan fingerprint density at radius 2 is 1.70 bits per heavy atom. The molecule has 3 rings (SSSR count). The Morgan fingerprint density at radius 3 is 2.33 bits per heavy atom. The van der Waals surface area contributed by atoms with Gasteiger partial charge in [0.05, 0.1) is 19.6 Å². The van der Waals surface area contributed by atoms with Crippen LogP contribution in [0.5, 0.6) is 0 Å². The van der Waals surface area contributed by atoms with Gasteiger partial charge in [-0.05, 0) is 23.3 Å². The third-order valence-corrected chi connectivity index (χ3v) is 5.00. The van der Waals surface area contributed by atoms with Crippen LogP contribution in [0, 0.1) is 5.92 Å². The van der Waals surface area contributed by atoms with E-state index in [9.17, 15) is 14.4 Å². The number of halogens is 1. The molecule has 0 aliphatic carbocycles. The van der Waals surface area contributed by atoms with Crippen LogP contribution in [0.4, 0.5) is 0 Å². The predicted octanol–water partition coefficient (Wildman–Crippen LogP) is 2.51. The normalized spacial score (nSPS) is 11.8. The van der Waals surface area contributed by atoms with Crippen molar-refractivity contribution in [1.29, 1.82) is 0 Å². The summed E-state index contributed by atoms with van der Waals surface area (Å²) in [6.45, 7) is 1.71. The summed E-state index contributed by atoms with van der Waals surface area (Å²) in [7, 11) is 1.27. The fourth-order valence-electron chi connectivity index (χ4n) is 3.12. The average Bonchev–Trinajstić information content (AvgIpc) is 2.75. The van der Waals surface area contributed by atoms with Gasteiger partial charge in [-0.15, -0.1) is 0 Å². The first-order chi connectivity index (χ1) is 14.4. The molecule has 1 aromatic heterocycles. The number of aromatic nitrogens is 3. The Labute approximate surface area is 178 Å². The Morgan fingerprint density at radius 1 is 1.03 bits per heavy atom. The van der Waals surface area contributed by atoms with Gasteiger partial charge in [0.15, 0.2) is 0 Å². The van der Waals surface area contributed by atoms with E-state index in [-0.39, 0.29) is 13.1 Å². The van der Waals surface area contributed by atoms with Crippen molar-refractivity contribution in [3.63, 3.8) is 0 Å². The van der Waals surface area contributed by atoms with Gasteiger partial charge in [0.25, 0.3) is 0 Å². The fraction of sp³-hybridized carbons (Fsp3) is 0.273. The third kappa shape index (κ3) is 5.04. The monoisotopic (exact) mass is 427 g/mol. The number of hydrogen-bond acceptors (Lipinski definition) is 5. The summed E-state index contributed by atoms with van der Waals surface area (Å²) >= 11 is 5.96. The van der Waals surface area contributed by atoms with Crippen molar-refractivity contribution in [2.75, 3.05) is 7.11 Å². The van der Waals surface area contributed by atoms with E-state index in [1.807, 2.05) is 42.5 Å². The molecule has 3 aromatic rings. The molecule has 0 aliphatic rings. The fourth-order valence-corrected chi connectivity index (χ4v) is 3.25. The van der Waals surface area contributed by atoms with Crippen LogP contribution in [-0.4, -0.2) is 27.2 Å². The van der Waals surface area contributed by atoms with Crippen molar-refractivity contribution < 1.29 is 9.53 Å². The Balaban J connectivity index is 2.06. The van der Waals surface area contributed by atoms with Crippen LogP contribution < -0.4 is 11.4 Å². The first-order valence-corrected chi connectivity index (χ1v) is 9.83. The van der Waals surface area contributed by atoms with Gasteiger partial charge in [-0.2, -0.15) is 4.98 Å². The summed E-state index contributed by atoms with van der Waals surface area (Å²) in [6.07, 6.45) is 0.326. The molecule has 1 heterocycles. The number of hydrogen-bond donors (Lipinski definition) is 0. The van der Waals surface area contributed by atoms with Gasteiger partial charge in [0, 0.05) is 18.0 Å². The predicted molar refractivity (Wildman–Crippen MR) is 114 cm³/mol. The average molecular weight is 428 g/mol. The van der Waals surface area contributed by atoms with Crippen LogP contribution in [0.15, 0.2) is 64.2 Å². The molecular formula is C22H22ClN3O4. The topological polar surface area (TPSA) is 83.2 Å². The van der Waals surface area contributed by atoms with Crippen molar-refractivity contribution in [3.05, 3.63) is 97.5 Å². The van der Waals surface area contributed by atoms with E-state index in [1.54, 1.807) is 19.1 Å². The molecular weight excluding hydrogens is 406 g/mol. The lowest BCUT2D eigenvalue weighted by Crippen LogP contribution is -2.45. The van der Waals surface area contributed by atoms with Crippen molar-refractivity contribution in [3.8, 4) is 0 Å². The van der Waals surface area contributed by atoms with Gasteiger partial charge in [-0.1, -0.05) is 61.0 Å². The minimum Gasteiger partial charge on any atom is -0.469 e. The molecule has 0 N–H and O–H groups in total. The lowest BCUT2D eigenvalue weighted by molar-refractivity contribution is -0.145. The second-order valence-electron chi connectivity index (χ2n) is 7.00. The van der Waals surface area contributed by atoms with Gasteiger partial charge in [-0.25, -0.2) is 14.2 Å². The quantitative estimate of drug-likeness (QED) is 0.541. The largest absolute Gasteiger partial charge is 0.469 e. The molecule has 156 valence electrons. The number of carbonyl (C=O) groups is 1. The lowest BCUT2D eigenvalue weighted by Gasteiger charge is -2.16. The zero-order valence-electron chi connectivity index (χ0n) is 16.7. The van der Waals surface area contributed by atoms with Crippen LogP contribution in [-0.2, 0) is 29.0 Å². The van der Waals surface area contributed by atoms with Gasteiger partial charge in [0.1, 0.15) is 5.82 Å². The van der Waals surface area contributed by atoms with E-state index in [1.165, 1.54) is 11.7 Å². The first kappa shape index (κ1) is 21.5. The van der Waals surface area contributed by atoms with Crippen molar-refractivity contribution in [1.82, 2.24) is 14.1 Å². The summed E-state index contributed by atoms with van der Waals surface area (Å²) in [4.78, 5) is 41.8. The lowest BCUT2D eigenvalue weighted by atomic mass is 10.1. The molecule has 2 aromatic carbocycles. The van der Waals surface area contributed by atoms with E-state index in [2.05, 4.69) is 4.98 Å². The van der Waals surface area contributed by atoms with E-state index < -0.39 is 23.3 Å². The number of carbonyl (C=O) groups excluding carboxylic acids is 1. The number of methoxy groups -OCH3 is 1. The number of nitrogens with zero attached hydrogens (tertiary/aromatic N) is 3. The highest BCUT2D eigenvalue weighted by atomic mass is 35.5. The van der Waals surface area contributed by atoms with Gasteiger partial charge in [-0.3, -0.25) is 9.36 Å². The molecule has 0 aliphatic heterocycles. The highest BCUT2D eigenvalue weighted by molar-refractivity contribution is 6.30. The zero-order chi connectivity index (χ0) is 21.7. The van der Waals surface area contributed by atoms with E-state index >= 15 is 0 Å². The summed E-state index contributed by atoms with van der Waals surface area (Å²) in [5.41, 5.74) is 0.554. The number of benzene rings is 2. The highest BCUT2D eigenvalue weighted by Gasteiger charge is 2.20. The molecule has 30 heavy (non-hydrogen) atoms. The molecule has 0 bridgehead atoms. The van der Waals surface area contributed by atoms with Crippen LogP contribution in [0.25, 0.3) is 0 Å². The Hall–Kier alpha value is -3.19. The van der Waals surface area contributed by atoms with Crippen LogP contribution in [0.3, 0.4) is 0 Å². The number of esters is 1. The van der Waals surface area contributed by atoms with E-state index in [4.69, 9.17) is 16.3 Å². The smallest absolute Gasteiger partial charge is 0.353 e. The van der Waals surface area contributed by atoms with Crippen molar-refractivity contribution in [2.24, 2.45) is 5.92 Å². The maximum absolute atomic E-state index is 13.2. The standard InChI is InChI=1S/C22H22ClN3O4/c1-15(20(27)30-2)13-26-21(28)24-19(12-16-6-4-3-5-7-16)25(22(26)29)14-17-8-10-18(23)11-9-17/h3-11,15H,12-14H2,1-2H3. The highest BCUT2D eigenvalue weighted by Crippen LogP contribution is 2.12. The summed E-state index contributed by atoms with van der Waals surface area (Å²) in [5.74, 6) is -0.807. The molecule has 8 heteroatoms. The summed E-state index contributed by atoms with van der Waals surface area (Å²) < 4.78 is 7.15. The van der Waals surface area contributed by atoms with Gasteiger partial charge < -0.3 is 4.74 Å². The number of rotatable bonds is 7. The van der Waals surface area contributed by atoms with E-state index in [0.29, 0.717) is 17.3 Å². The number of ether oxygens (including phenoxy) is 1. The summed E-state index contributed by atoms with van der Waals surface area (Å²) in [5, 5.41) is 0.589. The van der Waals surface area contributed by atoms with Crippen molar-refractivity contribution in [2.45, 2.75) is 26.4 Å².